The van der Waals surface area contributed by atoms with E-state index in [0.29, 0.717) is 17.0 Å². The highest BCUT2D eigenvalue weighted by molar-refractivity contribution is 5.97. The second-order valence-corrected chi connectivity index (χ2v) is 4.72. The van der Waals surface area contributed by atoms with E-state index >= 15 is 0 Å². The van der Waals surface area contributed by atoms with Gasteiger partial charge in [0.05, 0.1) is 31.2 Å². The smallest absolute Gasteiger partial charge is 0.357 e. The molecule has 0 unspecified atom stereocenters. The van der Waals surface area contributed by atoms with Crippen molar-refractivity contribution in [3.8, 4) is 17.5 Å². The predicted molar refractivity (Wildman–Crippen MR) is 82.8 cm³/mol. The van der Waals surface area contributed by atoms with Crippen molar-refractivity contribution in [3.05, 3.63) is 41.2 Å². The van der Waals surface area contributed by atoms with Crippen LogP contribution in [-0.2, 0) is 4.74 Å². The van der Waals surface area contributed by atoms with Crippen LogP contribution in [0.2, 0.25) is 0 Å². The standard InChI is InChI=1S/C16H15N3O4/c1-9(20)10-4-5-12(13(6-10)22-2)19-8-11(7-17)14(18)15(19)16(21)23-3/h4-6,8H,18H2,1-3H3. The Morgan fingerprint density at radius 3 is 2.52 bits per heavy atom. The zero-order valence-corrected chi connectivity index (χ0v) is 12.9. The van der Waals surface area contributed by atoms with Gasteiger partial charge in [-0.25, -0.2) is 4.79 Å². The molecule has 0 fully saturated rings. The number of ketones is 1. The van der Waals surface area contributed by atoms with Crippen molar-refractivity contribution in [3.63, 3.8) is 0 Å². The van der Waals surface area contributed by atoms with Crippen molar-refractivity contribution in [2.75, 3.05) is 20.0 Å². The number of nitrogens with two attached hydrogens (primary N) is 1. The molecule has 0 saturated carbocycles. The van der Waals surface area contributed by atoms with E-state index in [1.54, 1.807) is 18.2 Å². The molecule has 1 aromatic heterocycles. The average Bonchev–Trinajstić information content (AvgIpc) is 2.89. The lowest BCUT2D eigenvalue weighted by molar-refractivity contribution is 0.0592. The second-order valence-electron chi connectivity index (χ2n) is 4.72. The van der Waals surface area contributed by atoms with Crippen molar-refractivity contribution in [2.24, 2.45) is 0 Å². The number of Topliss-reactive ketones (excluding diaryl/α,β-unsaturated/α-hetero) is 1. The summed E-state index contributed by atoms with van der Waals surface area (Å²) in [5, 5.41) is 9.13. The Hall–Kier alpha value is -3.27. The van der Waals surface area contributed by atoms with Gasteiger partial charge < -0.3 is 19.8 Å². The molecule has 2 N–H and O–H groups in total. The van der Waals surface area contributed by atoms with Gasteiger partial charge in [0.25, 0.3) is 0 Å². The first-order chi connectivity index (χ1) is 10.9. The summed E-state index contributed by atoms with van der Waals surface area (Å²) in [4.78, 5) is 23.5. The molecule has 0 bridgehead atoms. The SMILES string of the molecule is COC(=O)c1c(N)c(C#N)cn1-c1ccc(C(C)=O)cc1OC. The number of carbonyl (C=O) groups excluding carboxylic acids is 2. The van der Waals surface area contributed by atoms with E-state index in [1.165, 1.54) is 31.9 Å². The van der Waals surface area contributed by atoms with E-state index in [2.05, 4.69) is 0 Å². The van der Waals surface area contributed by atoms with Gasteiger partial charge in [-0.1, -0.05) is 0 Å². The van der Waals surface area contributed by atoms with Gasteiger partial charge >= 0.3 is 5.97 Å². The minimum atomic E-state index is -0.679. The first-order valence-corrected chi connectivity index (χ1v) is 6.63. The number of aromatic nitrogens is 1. The highest BCUT2D eigenvalue weighted by Gasteiger charge is 2.23. The van der Waals surface area contributed by atoms with Crippen molar-refractivity contribution >= 4 is 17.4 Å². The van der Waals surface area contributed by atoms with Crippen LogP contribution in [0.25, 0.3) is 5.69 Å². The number of hydrogen-bond donors (Lipinski definition) is 1. The van der Waals surface area contributed by atoms with Crippen LogP contribution < -0.4 is 10.5 Å². The number of anilines is 1. The summed E-state index contributed by atoms with van der Waals surface area (Å²) in [5.41, 5.74) is 6.98. The maximum Gasteiger partial charge on any atom is 0.357 e. The third-order valence-corrected chi connectivity index (χ3v) is 3.39. The molecule has 0 radical (unpaired) electrons. The first kappa shape index (κ1) is 16.1. The molecule has 0 atom stereocenters. The minimum absolute atomic E-state index is 0.0250. The van der Waals surface area contributed by atoms with Gasteiger partial charge in [-0.2, -0.15) is 5.26 Å². The average molecular weight is 313 g/mol. The van der Waals surface area contributed by atoms with Crippen LogP contribution in [0.1, 0.15) is 33.3 Å². The van der Waals surface area contributed by atoms with E-state index in [-0.39, 0.29) is 22.7 Å². The monoisotopic (exact) mass is 313 g/mol. The molecule has 0 aliphatic heterocycles. The quantitative estimate of drug-likeness (QED) is 0.682. The molecule has 118 valence electrons. The zero-order valence-electron chi connectivity index (χ0n) is 12.9. The van der Waals surface area contributed by atoms with Crippen LogP contribution in [-0.4, -0.2) is 30.5 Å². The molecule has 1 aromatic carbocycles. The largest absolute Gasteiger partial charge is 0.495 e. The summed E-state index contributed by atoms with van der Waals surface area (Å²) in [6.07, 6.45) is 1.42. The topological polar surface area (TPSA) is 107 Å². The number of methoxy groups -OCH3 is 2. The molecule has 0 aliphatic rings. The summed E-state index contributed by atoms with van der Waals surface area (Å²) in [6, 6.07) is 6.69. The number of esters is 1. The highest BCUT2D eigenvalue weighted by Crippen LogP contribution is 2.30. The van der Waals surface area contributed by atoms with E-state index < -0.39 is 5.97 Å². The zero-order chi connectivity index (χ0) is 17.1. The number of ether oxygens (including phenoxy) is 2. The fraction of sp³-hybridized carbons (Fsp3) is 0.188. The van der Waals surface area contributed by atoms with Gasteiger partial charge in [-0.15, -0.1) is 0 Å². The van der Waals surface area contributed by atoms with E-state index in [0.717, 1.165) is 0 Å². The Morgan fingerprint density at radius 1 is 1.30 bits per heavy atom. The number of hydrogen-bond acceptors (Lipinski definition) is 6. The maximum atomic E-state index is 12.0. The highest BCUT2D eigenvalue weighted by atomic mass is 16.5. The summed E-state index contributed by atoms with van der Waals surface area (Å²) < 4.78 is 11.4. The molecule has 2 rings (SSSR count). The lowest BCUT2D eigenvalue weighted by atomic mass is 10.1. The summed E-state index contributed by atoms with van der Waals surface area (Å²) >= 11 is 0. The maximum absolute atomic E-state index is 12.0. The van der Waals surface area contributed by atoms with Crippen LogP contribution in [0.4, 0.5) is 5.69 Å². The van der Waals surface area contributed by atoms with Crippen LogP contribution in [0.5, 0.6) is 5.75 Å². The molecule has 0 aliphatic carbocycles. The molecule has 1 heterocycles. The Balaban J connectivity index is 2.74. The summed E-state index contributed by atoms with van der Waals surface area (Å²) in [6.45, 7) is 1.44. The third kappa shape index (κ3) is 2.74. The first-order valence-electron chi connectivity index (χ1n) is 6.63. The fourth-order valence-corrected chi connectivity index (χ4v) is 2.20. The van der Waals surface area contributed by atoms with Crippen LogP contribution >= 0.6 is 0 Å². The molecule has 7 heteroatoms. The van der Waals surface area contributed by atoms with Crippen LogP contribution in [0.3, 0.4) is 0 Å². The van der Waals surface area contributed by atoms with Crippen molar-refractivity contribution in [1.82, 2.24) is 4.57 Å². The van der Waals surface area contributed by atoms with Gasteiger partial charge in [0, 0.05) is 11.8 Å². The van der Waals surface area contributed by atoms with E-state index in [4.69, 9.17) is 20.5 Å². The summed E-state index contributed by atoms with van der Waals surface area (Å²) in [7, 11) is 2.67. The Labute approximate surface area is 132 Å². The van der Waals surface area contributed by atoms with E-state index in [1.807, 2.05) is 6.07 Å². The Morgan fingerprint density at radius 2 is 2.00 bits per heavy atom. The van der Waals surface area contributed by atoms with Crippen molar-refractivity contribution in [2.45, 2.75) is 6.92 Å². The Kier molecular flexibility index (Phi) is 4.37. The molecular weight excluding hydrogens is 298 g/mol. The molecule has 0 spiro atoms. The third-order valence-electron chi connectivity index (χ3n) is 3.39. The minimum Gasteiger partial charge on any atom is -0.495 e. The molecular formula is C16H15N3O4. The fourth-order valence-electron chi connectivity index (χ4n) is 2.20. The Bertz CT molecular complexity index is 831. The lowest BCUT2D eigenvalue weighted by Crippen LogP contribution is -2.12. The number of nitrogen functional groups attached to an aromatic ring is 1. The molecule has 0 amide bonds. The van der Waals surface area contributed by atoms with E-state index in [9.17, 15) is 9.59 Å². The summed E-state index contributed by atoms with van der Waals surface area (Å²) in [5.74, 6) is -0.434. The molecule has 7 nitrogen and oxygen atoms in total. The van der Waals surface area contributed by atoms with Crippen LogP contribution in [0, 0.1) is 11.3 Å². The van der Waals surface area contributed by atoms with Crippen molar-refractivity contribution < 1.29 is 19.1 Å². The molecule has 23 heavy (non-hydrogen) atoms. The number of carbonyl (C=O) groups is 2. The molecule has 0 saturated heterocycles. The van der Waals surface area contributed by atoms with Crippen molar-refractivity contribution in [1.29, 1.82) is 5.26 Å². The van der Waals surface area contributed by atoms with Gasteiger partial charge in [0.2, 0.25) is 0 Å². The van der Waals surface area contributed by atoms with Gasteiger partial charge in [-0.05, 0) is 25.1 Å². The van der Waals surface area contributed by atoms with Gasteiger partial charge in [0.15, 0.2) is 11.5 Å². The number of nitriles is 1. The van der Waals surface area contributed by atoms with Gasteiger partial charge in [0.1, 0.15) is 11.8 Å². The number of benzene rings is 1. The number of rotatable bonds is 4. The van der Waals surface area contributed by atoms with Gasteiger partial charge in [-0.3, -0.25) is 4.79 Å². The number of nitrogens with zero attached hydrogens (tertiary/aromatic N) is 2. The van der Waals surface area contributed by atoms with Crippen LogP contribution in [0.15, 0.2) is 24.4 Å². The lowest BCUT2D eigenvalue weighted by Gasteiger charge is -2.13. The molecule has 2 aromatic rings. The second kappa shape index (κ2) is 6.23. The normalized spacial score (nSPS) is 10.0. The predicted octanol–water partition coefficient (Wildman–Crippen LogP) is 1.93.